The molecule has 0 spiro atoms. The summed E-state index contributed by atoms with van der Waals surface area (Å²) in [6.45, 7) is 0. The number of carbonyl (C=O) groups excluding carboxylic acids is 1. The lowest BCUT2D eigenvalue weighted by atomic mass is 9.87. The van der Waals surface area contributed by atoms with Gasteiger partial charge in [0.25, 0.3) is 0 Å². The zero-order valence-corrected chi connectivity index (χ0v) is 12.8. The zero-order valence-electron chi connectivity index (χ0n) is 11.2. The van der Waals surface area contributed by atoms with Crippen LogP contribution in [-0.4, -0.2) is 20.5 Å². The molecule has 0 radical (unpaired) electrons. The molecule has 2 aromatic rings. The van der Waals surface area contributed by atoms with Gasteiger partial charge in [-0.1, -0.05) is 19.3 Å². The van der Waals surface area contributed by atoms with E-state index in [1.807, 2.05) is 12.3 Å². The highest BCUT2D eigenvalue weighted by molar-refractivity contribution is 9.10. The molecule has 106 valence electrons. The number of anilines is 1. The first kappa shape index (κ1) is 13.5. The van der Waals surface area contributed by atoms with Gasteiger partial charge in [0, 0.05) is 17.1 Å². The third-order valence-corrected chi connectivity index (χ3v) is 4.27. The third-order valence-electron chi connectivity index (χ3n) is 3.83. The SMILES string of the molecule is O=C(CC1CCCCC1)Nc1cc(Br)cn2cnnc12. The number of hydrogen-bond acceptors (Lipinski definition) is 3. The lowest BCUT2D eigenvalue weighted by Gasteiger charge is -2.20. The van der Waals surface area contributed by atoms with Gasteiger partial charge < -0.3 is 5.32 Å². The monoisotopic (exact) mass is 336 g/mol. The standard InChI is InChI=1S/C14H17BrN4O/c15-11-7-12(14-18-16-9-19(14)8-11)17-13(20)6-10-4-2-1-3-5-10/h7-10H,1-6H2,(H,17,20). The van der Waals surface area contributed by atoms with E-state index in [1.54, 1.807) is 10.7 Å². The Balaban J connectivity index is 1.72. The number of hydrogen-bond donors (Lipinski definition) is 1. The average molecular weight is 337 g/mol. The smallest absolute Gasteiger partial charge is 0.224 e. The molecule has 2 aromatic heterocycles. The minimum absolute atomic E-state index is 0.0694. The van der Waals surface area contributed by atoms with Crippen molar-refractivity contribution in [3.05, 3.63) is 23.1 Å². The highest BCUT2D eigenvalue weighted by Gasteiger charge is 2.18. The van der Waals surface area contributed by atoms with E-state index in [1.165, 1.54) is 32.1 Å². The summed E-state index contributed by atoms with van der Waals surface area (Å²) >= 11 is 3.43. The molecule has 5 nitrogen and oxygen atoms in total. The number of rotatable bonds is 3. The summed E-state index contributed by atoms with van der Waals surface area (Å²) in [6.07, 6.45) is 10.3. The molecular weight excluding hydrogens is 320 g/mol. The molecule has 0 unspecified atom stereocenters. The maximum Gasteiger partial charge on any atom is 0.224 e. The predicted molar refractivity (Wildman–Crippen MR) is 80.5 cm³/mol. The Bertz CT molecular complexity index is 619. The van der Waals surface area contributed by atoms with Gasteiger partial charge in [-0.05, 0) is 40.8 Å². The van der Waals surface area contributed by atoms with Gasteiger partial charge in [0.2, 0.25) is 5.91 Å². The summed E-state index contributed by atoms with van der Waals surface area (Å²) in [5, 5.41) is 10.9. The largest absolute Gasteiger partial charge is 0.323 e. The Morgan fingerprint density at radius 3 is 3.00 bits per heavy atom. The molecule has 0 atom stereocenters. The first-order chi connectivity index (χ1) is 9.72. The number of aromatic nitrogens is 3. The highest BCUT2D eigenvalue weighted by Crippen LogP contribution is 2.27. The summed E-state index contributed by atoms with van der Waals surface area (Å²) in [5.74, 6) is 0.602. The van der Waals surface area contributed by atoms with Crippen molar-refractivity contribution in [2.45, 2.75) is 38.5 Å². The Hall–Kier alpha value is -1.43. The summed E-state index contributed by atoms with van der Waals surface area (Å²) in [6, 6.07) is 1.86. The number of halogens is 1. The van der Waals surface area contributed by atoms with Gasteiger partial charge in [0.15, 0.2) is 5.65 Å². The third kappa shape index (κ3) is 3.00. The highest BCUT2D eigenvalue weighted by atomic mass is 79.9. The summed E-state index contributed by atoms with van der Waals surface area (Å²) in [4.78, 5) is 12.2. The number of nitrogens with one attached hydrogen (secondary N) is 1. The number of fused-ring (bicyclic) bond motifs is 1. The van der Waals surface area contributed by atoms with Crippen molar-refractivity contribution in [1.29, 1.82) is 0 Å². The molecule has 1 aliphatic carbocycles. The summed E-state index contributed by atoms with van der Waals surface area (Å²) in [7, 11) is 0. The van der Waals surface area contributed by atoms with Crippen molar-refractivity contribution in [3.8, 4) is 0 Å². The van der Waals surface area contributed by atoms with E-state index in [0.29, 0.717) is 23.7 Å². The first-order valence-electron chi connectivity index (χ1n) is 7.01. The van der Waals surface area contributed by atoms with Crippen LogP contribution in [0.1, 0.15) is 38.5 Å². The van der Waals surface area contributed by atoms with E-state index in [9.17, 15) is 4.79 Å². The van der Waals surface area contributed by atoms with Crippen LogP contribution in [0, 0.1) is 5.92 Å². The Morgan fingerprint density at radius 1 is 1.40 bits per heavy atom. The second-order valence-corrected chi connectivity index (χ2v) is 6.31. The fourth-order valence-corrected chi connectivity index (χ4v) is 3.30. The quantitative estimate of drug-likeness (QED) is 0.934. The van der Waals surface area contributed by atoms with Crippen LogP contribution in [-0.2, 0) is 4.79 Å². The van der Waals surface area contributed by atoms with Crippen LogP contribution >= 0.6 is 15.9 Å². The lowest BCUT2D eigenvalue weighted by Crippen LogP contribution is -2.18. The van der Waals surface area contributed by atoms with Crippen molar-refractivity contribution in [3.63, 3.8) is 0 Å². The molecule has 6 heteroatoms. The van der Waals surface area contributed by atoms with Crippen molar-refractivity contribution < 1.29 is 4.79 Å². The fourth-order valence-electron chi connectivity index (χ4n) is 2.85. The van der Waals surface area contributed by atoms with Gasteiger partial charge in [-0.15, -0.1) is 10.2 Å². The molecule has 20 heavy (non-hydrogen) atoms. The maximum atomic E-state index is 12.2. The van der Waals surface area contributed by atoms with Gasteiger partial charge in [-0.2, -0.15) is 0 Å². The predicted octanol–water partition coefficient (Wildman–Crippen LogP) is 3.40. The van der Waals surface area contributed by atoms with E-state index in [4.69, 9.17) is 0 Å². The van der Waals surface area contributed by atoms with Gasteiger partial charge >= 0.3 is 0 Å². The van der Waals surface area contributed by atoms with Gasteiger partial charge in [-0.3, -0.25) is 9.20 Å². The zero-order chi connectivity index (χ0) is 13.9. The molecule has 2 heterocycles. The second-order valence-electron chi connectivity index (χ2n) is 5.39. The molecule has 1 fully saturated rings. The molecule has 0 saturated heterocycles. The van der Waals surface area contributed by atoms with Crippen LogP contribution in [0.2, 0.25) is 0 Å². The van der Waals surface area contributed by atoms with Crippen LogP contribution in [0.3, 0.4) is 0 Å². The van der Waals surface area contributed by atoms with E-state index in [0.717, 1.165) is 4.47 Å². The average Bonchev–Trinajstić information content (AvgIpc) is 2.88. The van der Waals surface area contributed by atoms with E-state index < -0.39 is 0 Å². The molecular formula is C14H17BrN4O. The van der Waals surface area contributed by atoms with Crippen LogP contribution in [0.25, 0.3) is 5.65 Å². The van der Waals surface area contributed by atoms with E-state index in [-0.39, 0.29) is 5.91 Å². The van der Waals surface area contributed by atoms with Crippen LogP contribution in [0.5, 0.6) is 0 Å². The molecule has 1 saturated carbocycles. The normalized spacial score (nSPS) is 16.4. The van der Waals surface area contributed by atoms with Crippen LogP contribution < -0.4 is 5.32 Å². The van der Waals surface area contributed by atoms with E-state index >= 15 is 0 Å². The lowest BCUT2D eigenvalue weighted by molar-refractivity contribution is -0.117. The Morgan fingerprint density at radius 2 is 2.20 bits per heavy atom. The molecule has 3 rings (SSSR count). The summed E-state index contributed by atoms with van der Waals surface area (Å²) < 4.78 is 2.68. The van der Waals surface area contributed by atoms with Gasteiger partial charge in [-0.25, -0.2) is 0 Å². The minimum Gasteiger partial charge on any atom is -0.323 e. The van der Waals surface area contributed by atoms with Crippen molar-refractivity contribution in [2.75, 3.05) is 5.32 Å². The van der Waals surface area contributed by atoms with Crippen molar-refractivity contribution >= 4 is 33.2 Å². The number of nitrogens with zero attached hydrogens (tertiary/aromatic N) is 3. The molecule has 1 N–H and O–H groups in total. The van der Waals surface area contributed by atoms with Crippen LogP contribution in [0.15, 0.2) is 23.1 Å². The van der Waals surface area contributed by atoms with Gasteiger partial charge in [0.1, 0.15) is 6.33 Å². The van der Waals surface area contributed by atoms with Gasteiger partial charge in [0.05, 0.1) is 5.69 Å². The van der Waals surface area contributed by atoms with Crippen molar-refractivity contribution in [1.82, 2.24) is 14.6 Å². The van der Waals surface area contributed by atoms with Crippen molar-refractivity contribution in [2.24, 2.45) is 5.92 Å². The van der Waals surface area contributed by atoms with Crippen LogP contribution in [0.4, 0.5) is 5.69 Å². The Labute approximate surface area is 125 Å². The number of carbonyl (C=O) groups is 1. The number of pyridine rings is 1. The first-order valence-corrected chi connectivity index (χ1v) is 7.80. The second kappa shape index (κ2) is 5.91. The fraction of sp³-hybridized carbons (Fsp3) is 0.500. The number of amides is 1. The maximum absolute atomic E-state index is 12.2. The molecule has 0 aliphatic heterocycles. The topological polar surface area (TPSA) is 59.3 Å². The molecule has 0 bridgehead atoms. The Kier molecular flexibility index (Phi) is 4.00. The molecule has 1 aliphatic rings. The molecule has 0 aromatic carbocycles. The van der Waals surface area contributed by atoms with E-state index in [2.05, 4.69) is 31.4 Å². The minimum atomic E-state index is 0.0694. The molecule has 1 amide bonds. The summed E-state index contributed by atoms with van der Waals surface area (Å²) in [5.41, 5.74) is 1.38.